The lowest BCUT2D eigenvalue weighted by molar-refractivity contribution is 0.473. The molecule has 94 valence electrons. The van der Waals surface area contributed by atoms with Crippen LogP contribution in [0.3, 0.4) is 0 Å². The molecule has 1 aliphatic heterocycles. The summed E-state index contributed by atoms with van der Waals surface area (Å²) < 4.78 is 0. The van der Waals surface area contributed by atoms with Crippen molar-refractivity contribution in [1.82, 2.24) is 0 Å². The molecule has 4 nitrogen and oxygen atoms in total. The van der Waals surface area contributed by atoms with Crippen LogP contribution in [-0.2, 0) is 6.42 Å². The molecule has 1 aromatic rings. The molecule has 4 heteroatoms. The predicted octanol–water partition coefficient (Wildman–Crippen LogP) is 2.02. The van der Waals surface area contributed by atoms with Crippen molar-refractivity contribution in [2.45, 2.75) is 20.3 Å². The maximum absolute atomic E-state index is 10.1. The first-order valence-corrected chi connectivity index (χ1v) is 5.99. The molecule has 2 rings (SSSR count). The van der Waals surface area contributed by atoms with E-state index in [1.165, 1.54) is 0 Å². The van der Waals surface area contributed by atoms with E-state index in [0.717, 1.165) is 17.7 Å². The Morgan fingerprint density at radius 2 is 2.17 bits per heavy atom. The molecule has 0 aromatic heterocycles. The summed E-state index contributed by atoms with van der Waals surface area (Å²) in [4.78, 5) is 8.64. The van der Waals surface area contributed by atoms with Crippen molar-refractivity contribution >= 4 is 11.4 Å². The summed E-state index contributed by atoms with van der Waals surface area (Å²) in [7, 11) is 0. The van der Waals surface area contributed by atoms with Gasteiger partial charge in [-0.3, -0.25) is 4.99 Å². The van der Waals surface area contributed by atoms with Gasteiger partial charge in [0, 0.05) is 5.56 Å². The molecule has 18 heavy (non-hydrogen) atoms. The van der Waals surface area contributed by atoms with E-state index >= 15 is 0 Å². The largest absolute Gasteiger partial charge is 0.507 e. The van der Waals surface area contributed by atoms with Crippen LogP contribution < -0.4 is 5.73 Å². The Morgan fingerprint density at radius 3 is 2.83 bits per heavy atom. The van der Waals surface area contributed by atoms with Gasteiger partial charge >= 0.3 is 0 Å². The number of hydrogen-bond donors (Lipinski definition) is 2. The number of aryl methyl sites for hydroxylation is 1. The highest BCUT2D eigenvalue weighted by Gasteiger charge is 2.14. The van der Waals surface area contributed by atoms with Gasteiger partial charge in [0.25, 0.3) is 0 Å². The van der Waals surface area contributed by atoms with E-state index < -0.39 is 0 Å². The van der Waals surface area contributed by atoms with Crippen LogP contribution in [0.4, 0.5) is 0 Å². The Labute approximate surface area is 107 Å². The Bertz CT molecular complexity index is 556. The number of benzene rings is 1. The summed E-state index contributed by atoms with van der Waals surface area (Å²) in [6, 6.07) is 5.65. The smallest absolute Gasteiger partial charge is 0.125 e. The van der Waals surface area contributed by atoms with Crippen molar-refractivity contribution < 1.29 is 5.11 Å². The third kappa shape index (κ3) is 2.42. The molecular weight excluding hydrogens is 226 g/mol. The third-order valence-corrected chi connectivity index (χ3v) is 2.91. The first-order valence-electron chi connectivity index (χ1n) is 5.99. The molecule has 0 amide bonds. The summed E-state index contributed by atoms with van der Waals surface area (Å²) in [5.41, 5.74) is 8.91. The quantitative estimate of drug-likeness (QED) is 0.834. The zero-order valence-electron chi connectivity index (χ0n) is 10.6. The average Bonchev–Trinajstić information content (AvgIpc) is 2.50. The number of aliphatic imine (C=N–C) groups is 2. The Morgan fingerprint density at radius 1 is 1.39 bits per heavy atom. The van der Waals surface area contributed by atoms with Gasteiger partial charge in [0.2, 0.25) is 0 Å². The Kier molecular flexibility index (Phi) is 3.46. The molecule has 0 spiro atoms. The van der Waals surface area contributed by atoms with Gasteiger partial charge in [0.15, 0.2) is 0 Å². The SMILES string of the molecule is CCc1ccc(C2=NCC=C(N)N=C2C)c(O)c1. The van der Waals surface area contributed by atoms with E-state index in [1.807, 2.05) is 19.1 Å². The normalized spacial score (nSPS) is 15.6. The summed E-state index contributed by atoms with van der Waals surface area (Å²) in [6.45, 7) is 4.38. The highest BCUT2D eigenvalue weighted by molar-refractivity contribution is 6.48. The average molecular weight is 243 g/mol. The molecule has 0 bridgehead atoms. The van der Waals surface area contributed by atoms with Crippen LogP contribution in [0.25, 0.3) is 0 Å². The van der Waals surface area contributed by atoms with E-state index in [1.54, 1.807) is 12.1 Å². The molecule has 0 aliphatic carbocycles. The van der Waals surface area contributed by atoms with E-state index in [2.05, 4.69) is 16.9 Å². The van der Waals surface area contributed by atoms with Gasteiger partial charge in [-0.05, 0) is 37.1 Å². The number of rotatable bonds is 2. The Balaban J connectivity index is 2.44. The fourth-order valence-electron chi connectivity index (χ4n) is 1.91. The van der Waals surface area contributed by atoms with Crippen molar-refractivity contribution in [1.29, 1.82) is 0 Å². The number of hydrogen-bond acceptors (Lipinski definition) is 4. The molecule has 1 aliphatic rings. The van der Waals surface area contributed by atoms with E-state index in [4.69, 9.17) is 5.73 Å². The zero-order valence-corrected chi connectivity index (χ0v) is 10.6. The number of phenolic OH excluding ortho intramolecular Hbond substituents is 1. The molecule has 1 aromatic carbocycles. The zero-order chi connectivity index (χ0) is 13.1. The van der Waals surface area contributed by atoms with Gasteiger partial charge in [-0.2, -0.15) is 0 Å². The number of nitrogens with zero attached hydrogens (tertiary/aromatic N) is 2. The summed E-state index contributed by atoms with van der Waals surface area (Å²) in [6.07, 6.45) is 2.65. The molecule has 0 unspecified atom stereocenters. The minimum absolute atomic E-state index is 0.239. The van der Waals surface area contributed by atoms with Gasteiger partial charge in [-0.25, -0.2) is 4.99 Å². The minimum atomic E-state index is 0.239. The highest BCUT2D eigenvalue weighted by atomic mass is 16.3. The van der Waals surface area contributed by atoms with Crippen molar-refractivity contribution in [3.05, 3.63) is 41.2 Å². The van der Waals surface area contributed by atoms with Gasteiger partial charge in [-0.15, -0.1) is 0 Å². The van der Waals surface area contributed by atoms with E-state index in [9.17, 15) is 5.11 Å². The maximum Gasteiger partial charge on any atom is 0.125 e. The van der Waals surface area contributed by atoms with Crippen LogP contribution in [0.1, 0.15) is 25.0 Å². The van der Waals surface area contributed by atoms with Crippen LogP contribution in [0, 0.1) is 0 Å². The fraction of sp³-hybridized carbons (Fsp3) is 0.286. The van der Waals surface area contributed by atoms with Crippen LogP contribution in [-0.4, -0.2) is 23.1 Å². The fourth-order valence-corrected chi connectivity index (χ4v) is 1.91. The first-order chi connectivity index (χ1) is 8.61. The lowest BCUT2D eigenvalue weighted by Crippen LogP contribution is -2.13. The molecule has 0 saturated carbocycles. The first kappa shape index (κ1) is 12.4. The summed E-state index contributed by atoms with van der Waals surface area (Å²) in [5, 5.41) is 10.1. The maximum atomic E-state index is 10.1. The van der Waals surface area contributed by atoms with Gasteiger partial charge in [-0.1, -0.05) is 13.0 Å². The van der Waals surface area contributed by atoms with Crippen molar-refractivity contribution in [3.8, 4) is 5.75 Å². The lowest BCUT2D eigenvalue weighted by Gasteiger charge is -2.09. The van der Waals surface area contributed by atoms with Crippen LogP contribution in [0.2, 0.25) is 0 Å². The van der Waals surface area contributed by atoms with E-state index in [0.29, 0.717) is 23.6 Å². The number of nitrogens with two attached hydrogens (primary N) is 1. The van der Waals surface area contributed by atoms with Gasteiger partial charge in [0.05, 0.1) is 18.0 Å². The Hall–Kier alpha value is -2.10. The van der Waals surface area contributed by atoms with E-state index in [-0.39, 0.29) is 5.75 Å². The lowest BCUT2D eigenvalue weighted by atomic mass is 10.0. The highest BCUT2D eigenvalue weighted by Crippen LogP contribution is 2.21. The summed E-state index contributed by atoms with van der Waals surface area (Å²) >= 11 is 0. The molecule has 1 heterocycles. The standard InChI is InChI=1S/C14H17N3O/c1-3-10-4-5-11(12(18)8-10)14-9(2)17-13(15)6-7-16-14/h4-6,8,18H,3,7,15H2,1-2H3. The molecule has 0 radical (unpaired) electrons. The number of aromatic hydroxyl groups is 1. The van der Waals surface area contributed by atoms with Crippen LogP contribution in [0.15, 0.2) is 40.1 Å². The predicted molar refractivity (Wildman–Crippen MR) is 74.3 cm³/mol. The number of phenols is 1. The third-order valence-electron chi connectivity index (χ3n) is 2.91. The minimum Gasteiger partial charge on any atom is -0.507 e. The second kappa shape index (κ2) is 5.04. The van der Waals surface area contributed by atoms with Crippen molar-refractivity contribution in [2.24, 2.45) is 15.7 Å². The van der Waals surface area contributed by atoms with Crippen LogP contribution >= 0.6 is 0 Å². The van der Waals surface area contributed by atoms with Crippen LogP contribution in [0.5, 0.6) is 5.75 Å². The topological polar surface area (TPSA) is 71.0 Å². The van der Waals surface area contributed by atoms with Crippen molar-refractivity contribution in [2.75, 3.05) is 6.54 Å². The van der Waals surface area contributed by atoms with Gasteiger partial charge in [0.1, 0.15) is 11.6 Å². The molecule has 0 saturated heterocycles. The van der Waals surface area contributed by atoms with Crippen molar-refractivity contribution in [3.63, 3.8) is 0 Å². The second-order valence-electron chi connectivity index (χ2n) is 4.22. The summed E-state index contributed by atoms with van der Waals surface area (Å²) in [5.74, 6) is 0.707. The molecular formula is C14H17N3O. The monoisotopic (exact) mass is 243 g/mol. The van der Waals surface area contributed by atoms with Gasteiger partial charge < -0.3 is 10.8 Å². The molecule has 0 atom stereocenters. The second-order valence-corrected chi connectivity index (χ2v) is 4.22. The molecule has 0 fully saturated rings. The molecule has 3 N–H and O–H groups in total.